The first-order chi connectivity index (χ1) is 9.24. The van der Waals surface area contributed by atoms with Crippen molar-refractivity contribution >= 4 is 11.6 Å². The first-order valence-corrected chi connectivity index (χ1v) is 8.12. The van der Waals surface area contributed by atoms with Gasteiger partial charge in [-0.1, -0.05) is 67.0 Å². The summed E-state index contributed by atoms with van der Waals surface area (Å²) in [6.07, 6.45) is 2.18. The van der Waals surface area contributed by atoms with E-state index in [0.717, 1.165) is 18.4 Å². The zero-order valence-electron chi connectivity index (χ0n) is 14.8. The van der Waals surface area contributed by atoms with Gasteiger partial charge in [-0.2, -0.15) is 0 Å². The summed E-state index contributed by atoms with van der Waals surface area (Å²) in [6, 6.07) is 3.45. The quantitative estimate of drug-likeness (QED) is 0.570. The monoisotopic (exact) mass is 312 g/mol. The van der Waals surface area contributed by atoms with E-state index in [2.05, 4.69) is 55.4 Å². The zero-order chi connectivity index (χ0) is 16.6. The Morgan fingerprint density at radius 2 is 1.38 bits per heavy atom. The molecule has 0 heterocycles. The maximum Gasteiger partial charge on any atom is 0.142 e. The summed E-state index contributed by atoms with van der Waals surface area (Å²) in [5, 5.41) is 0.224. The van der Waals surface area contributed by atoms with Gasteiger partial charge in [0.25, 0.3) is 0 Å². The third-order valence-corrected chi connectivity index (χ3v) is 4.39. The molecule has 0 spiro atoms. The minimum absolute atomic E-state index is 0.0206. The highest BCUT2D eigenvalue weighted by Gasteiger charge is 2.30. The second kappa shape index (κ2) is 5.91. The van der Waals surface area contributed by atoms with Crippen molar-refractivity contribution in [3.05, 3.63) is 34.1 Å². The average molecular weight is 313 g/mol. The summed E-state index contributed by atoms with van der Waals surface area (Å²) in [4.78, 5) is 0. The van der Waals surface area contributed by atoms with Crippen LogP contribution in [-0.2, 0) is 10.8 Å². The molecule has 2 heteroatoms. The number of halogens is 2. The molecule has 0 aliphatic rings. The number of hydrogen-bond donors (Lipinski definition) is 0. The van der Waals surface area contributed by atoms with Crippen LogP contribution in [0.2, 0.25) is 5.02 Å². The second-order valence-corrected chi connectivity index (χ2v) is 9.41. The zero-order valence-corrected chi connectivity index (χ0v) is 15.6. The fourth-order valence-corrected chi connectivity index (χ4v) is 2.71. The molecule has 21 heavy (non-hydrogen) atoms. The van der Waals surface area contributed by atoms with Crippen LogP contribution in [0.25, 0.3) is 0 Å². The van der Waals surface area contributed by atoms with Crippen LogP contribution in [-0.4, -0.2) is 0 Å². The van der Waals surface area contributed by atoms with Gasteiger partial charge in [0.05, 0.1) is 5.02 Å². The topological polar surface area (TPSA) is 0 Å². The van der Waals surface area contributed by atoms with Crippen LogP contribution < -0.4 is 0 Å². The minimum atomic E-state index is -0.322. The Labute approximate surface area is 135 Å². The van der Waals surface area contributed by atoms with Crippen molar-refractivity contribution in [2.75, 3.05) is 0 Å². The van der Waals surface area contributed by atoms with Gasteiger partial charge >= 0.3 is 0 Å². The third kappa shape index (κ3) is 4.98. The molecule has 0 bridgehead atoms. The van der Waals surface area contributed by atoms with Gasteiger partial charge in [-0.25, -0.2) is 4.39 Å². The Bertz CT molecular complexity index is 502. The molecule has 0 aliphatic heterocycles. The van der Waals surface area contributed by atoms with E-state index in [9.17, 15) is 4.39 Å². The van der Waals surface area contributed by atoms with Gasteiger partial charge in [0, 0.05) is 0 Å². The molecule has 0 fully saturated rings. The van der Waals surface area contributed by atoms with E-state index in [4.69, 9.17) is 11.6 Å². The number of rotatable bonds is 3. The number of benzene rings is 1. The predicted octanol–water partition coefficient (Wildman–Crippen LogP) is 6.88. The molecule has 1 aromatic carbocycles. The Balaban J connectivity index is 3.30. The smallest absolute Gasteiger partial charge is 0.142 e. The number of hydrogen-bond acceptors (Lipinski definition) is 0. The SMILES string of the molecule is CC(C)(C)CCC(C)(C)c1cc(Cl)c(F)cc1C(C)(C)C. The van der Waals surface area contributed by atoms with Crippen molar-refractivity contribution in [1.82, 2.24) is 0 Å². The van der Waals surface area contributed by atoms with Crippen LogP contribution in [0, 0.1) is 11.2 Å². The van der Waals surface area contributed by atoms with Gasteiger partial charge in [-0.05, 0) is 52.3 Å². The van der Waals surface area contributed by atoms with E-state index < -0.39 is 0 Å². The molecular weight excluding hydrogens is 283 g/mol. The molecule has 0 aromatic heterocycles. The molecular formula is C19H30ClF. The Kier molecular flexibility index (Phi) is 5.20. The maximum absolute atomic E-state index is 13.9. The van der Waals surface area contributed by atoms with Crippen LogP contribution in [0.1, 0.15) is 79.4 Å². The molecule has 120 valence electrons. The molecule has 0 nitrogen and oxygen atoms in total. The highest BCUT2D eigenvalue weighted by molar-refractivity contribution is 6.30. The van der Waals surface area contributed by atoms with E-state index in [1.54, 1.807) is 6.07 Å². The van der Waals surface area contributed by atoms with E-state index >= 15 is 0 Å². The van der Waals surface area contributed by atoms with Gasteiger partial charge in [0.1, 0.15) is 5.82 Å². The van der Waals surface area contributed by atoms with E-state index in [0.29, 0.717) is 5.41 Å². The normalized spacial score (nSPS) is 13.6. The average Bonchev–Trinajstić information content (AvgIpc) is 2.27. The van der Waals surface area contributed by atoms with E-state index in [1.165, 1.54) is 5.56 Å². The lowest BCUT2D eigenvalue weighted by Crippen LogP contribution is -2.26. The molecule has 0 N–H and O–H groups in total. The van der Waals surface area contributed by atoms with E-state index in [-0.39, 0.29) is 21.7 Å². The van der Waals surface area contributed by atoms with Crippen LogP contribution in [0.5, 0.6) is 0 Å². The van der Waals surface area contributed by atoms with Crippen molar-refractivity contribution in [2.24, 2.45) is 5.41 Å². The van der Waals surface area contributed by atoms with Crippen LogP contribution >= 0.6 is 11.6 Å². The van der Waals surface area contributed by atoms with Crippen molar-refractivity contribution in [3.63, 3.8) is 0 Å². The van der Waals surface area contributed by atoms with Crippen molar-refractivity contribution in [2.45, 2.75) is 79.1 Å². The minimum Gasteiger partial charge on any atom is -0.205 e. The predicted molar refractivity (Wildman–Crippen MR) is 91.8 cm³/mol. The molecule has 0 atom stereocenters. The fraction of sp³-hybridized carbons (Fsp3) is 0.684. The summed E-state index contributed by atoms with van der Waals surface area (Å²) >= 11 is 6.06. The molecule has 0 amide bonds. The molecule has 0 saturated heterocycles. The fourth-order valence-electron chi connectivity index (χ4n) is 2.55. The largest absolute Gasteiger partial charge is 0.205 e. The summed E-state index contributed by atoms with van der Waals surface area (Å²) in [5.74, 6) is -0.322. The summed E-state index contributed by atoms with van der Waals surface area (Å²) in [5.41, 5.74) is 2.41. The maximum atomic E-state index is 13.9. The van der Waals surface area contributed by atoms with Crippen molar-refractivity contribution in [3.8, 4) is 0 Å². The Morgan fingerprint density at radius 1 is 0.857 bits per heavy atom. The molecule has 1 rings (SSSR count). The Hall–Kier alpha value is -0.560. The third-order valence-electron chi connectivity index (χ3n) is 4.10. The standard InChI is InChI=1S/C19H30ClF/c1-17(2,3)9-10-19(7,8)14-11-15(20)16(21)12-13(14)18(4,5)6/h11-12H,9-10H2,1-8H3. The first-order valence-electron chi connectivity index (χ1n) is 7.74. The summed E-state index contributed by atoms with van der Waals surface area (Å²) < 4.78 is 13.9. The van der Waals surface area contributed by atoms with Crippen LogP contribution in [0.15, 0.2) is 12.1 Å². The molecule has 1 aromatic rings. The summed E-state index contributed by atoms with van der Waals surface area (Å²) in [7, 11) is 0. The Morgan fingerprint density at radius 3 is 1.81 bits per heavy atom. The van der Waals surface area contributed by atoms with E-state index in [1.807, 2.05) is 6.07 Å². The molecule has 0 aliphatic carbocycles. The van der Waals surface area contributed by atoms with Crippen LogP contribution in [0.4, 0.5) is 4.39 Å². The molecule has 0 unspecified atom stereocenters. The lowest BCUT2D eigenvalue weighted by Gasteiger charge is -2.35. The van der Waals surface area contributed by atoms with Crippen molar-refractivity contribution in [1.29, 1.82) is 0 Å². The molecule has 0 radical (unpaired) electrons. The highest BCUT2D eigenvalue weighted by Crippen LogP contribution is 2.40. The van der Waals surface area contributed by atoms with Gasteiger partial charge in [0.2, 0.25) is 0 Å². The van der Waals surface area contributed by atoms with Gasteiger partial charge in [-0.3, -0.25) is 0 Å². The van der Waals surface area contributed by atoms with Gasteiger partial charge in [0.15, 0.2) is 0 Å². The lowest BCUT2D eigenvalue weighted by molar-refractivity contribution is 0.312. The van der Waals surface area contributed by atoms with Crippen molar-refractivity contribution < 1.29 is 4.39 Å². The second-order valence-electron chi connectivity index (χ2n) is 9.01. The first kappa shape index (κ1) is 18.5. The van der Waals surface area contributed by atoms with Gasteiger partial charge < -0.3 is 0 Å². The highest BCUT2D eigenvalue weighted by atomic mass is 35.5. The van der Waals surface area contributed by atoms with Crippen LogP contribution in [0.3, 0.4) is 0 Å². The van der Waals surface area contributed by atoms with Gasteiger partial charge in [-0.15, -0.1) is 0 Å². The molecule has 0 saturated carbocycles. The lowest BCUT2D eigenvalue weighted by atomic mass is 9.70. The summed E-state index contributed by atoms with van der Waals surface area (Å²) in [6.45, 7) is 17.6.